The van der Waals surface area contributed by atoms with Crippen molar-refractivity contribution in [3.05, 3.63) is 0 Å². The first-order valence-corrected chi connectivity index (χ1v) is 9.83. The van der Waals surface area contributed by atoms with Gasteiger partial charge < -0.3 is 28.2 Å². The quantitative estimate of drug-likeness (QED) is 0.278. The maximum absolute atomic E-state index is 11.5. The van der Waals surface area contributed by atoms with Crippen LogP contribution < -0.4 is 0 Å². The van der Waals surface area contributed by atoms with E-state index in [2.05, 4.69) is 0 Å². The van der Waals surface area contributed by atoms with Gasteiger partial charge in [0, 0.05) is 32.3 Å². The molecule has 0 aliphatic carbocycles. The smallest absolute Gasteiger partial charge is 0.463 e. The number of carbonyl (C=O) groups excluding carboxylic acids is 1. The Labute approximate surface area is 133 Å². The third-order valence-electron chi connectivity index (χ3n) is 2.85. The van der Waals surface area contributed by atoms with Gasteiger partial charge in [-0.25, -0.2) is 0 Å². The van der Waals surface area contributed by atoms with E-state index in [1.54, 1.807) is 0 Å². The van der Waals surface area contributed by atoms with Gasteiger partial charge in [0.1, 0.15) is 12.7 Å². The van der Waals surface area contributed by atoms with Gasteiger partial charge in [-0.1, -0.05) is 0 Å². The second kappa shape index (κ2) is 13.0. The highest BCUT2D eigenvalue weighted by atomic mass is 28.4. The summed E-state index contributed by atoms with van der Waals surface area (Å²) in [7, 11) is -2.63. The van der Waals surface area contributed by atoms with Crippen molar-refractivity contribution in [3.63, 3.8) is 0 Å². The van der Waals surface area contributed by atoms with Gasteiger partial charge in [0.2, 0.25) is 0 Å². The van der Waals surface area contributed by atoms with Crippen molar-refractivity contribution in [1.29, 1.82) is 0 Å². The fourth-order valence-electron chi connectivity index (χ4n) is 1.93. The highest BCUT2D eigenvalue weighted by Crippen LogP contribution is 2.20. The Balaban J connectivity index is 4.08. The van der Waals surface area contributed by atoms with Crippen LogP contribution in [0.4, 0.5) is 0 Å². The van der Waals surface area contributed by atoms with Gasteiger partial charge >= 0.3 is 14.8 Å². The van der Waals surface area contributed by atoms with Crippen molar-refractivity contribution in [1.82, 2.24) is 0 Å². The van der Waals surface area contributed by atoms with Crippen LogP contribution >= 0.6 is 0 Å². The van der Waals surface area contributed by atoms with Crippen molar-refractivity contribution in [2.24, 2.45) is 0 Å². The third kappa shape index (κ3) is 9.49. The van der Waals surface area contributed by atoms with E-state index in [0.717, 1.165) is 6.42 Å². The number of aliphatic hydroxyl groups is 2. The maximum Gasteiger partial charge on any atom is 0.500 e. The van der Waals surface area contributed by atoms with Gasteiger partial charge in [-0.05, 0) is 33.6 Å². The number of aliphatic hydroxyl groups excluding tert-OH is 2. The molecule has 132 valence electrons. The summed E-state index contributed by atoms with van der Waals surface area (Å²) < 4.78 is 22.0. The number of esters is 1. The molecule has 0 saturated heterocycles. The number of unbranched alkanes of at least 4 members (excludes halogenated alkanes) is 1. The Morgan fingerprint density at radius 1 is 1.05 bits per heavy atom. The fraction of sp³-hybridized carbons (Fsp3) is 0.929. The molecule has 0 fully saturated rings. The number of hydrogen-bond acceptors (Lipinski definition) is 7. The van der Waals surface area contributed by atoms with E-state index in [4.69, 9.17) is 28.2 Å². The van der Waals surface area contributed by atoms with Gasteiger partial charge in [-0.2, -0.15) is 0 Å². The average molecular weight is 338 g/mol. The average Bonchev–Trinajstić information content (AvgIpc) is 2.50. The monoisotopic (exact) mass is 338 g/mol. The summed E-state index contributed by atoms with van der Waals surface area (Å²) in [6.07, 6.45) is 0.616. The Morgan fingerprint density at radius 3 is 2.05 bits per heavy atom. The van der Waals surface area contributed by atoms with Gasteiger partial charge in [0.05, 0.1) is 6.61 Å². The highest BCUT2D eigenvalue weighted by molar-refractivity contribution is 6.60. The summed E-state index contributed by atoms with van der Waals surface area (Å²) in [4.78, 5) is 11.5. The maximum atomic E-state index is 11.5. The molecule has 0 radical (unpaired) electrons. The topological polar surface area (TPSA) is 94.5 Å². The molecule has 0 spiro atoms. The van der Waals surface area contributed by atoms with Crippen LogP contribution in [0, 0.1) is 0 Å². The number of ether oxygens (including phenoxy) is 1. The number of hydrogen-bond donors (Lipinski definition) is 2. The zero-order chi connectivity index (χ0) is 16.8. The lowest BCUT2D eigenvalue weighted by molar-refractivity contribution is -0.147. The van der Waals surface area contributed by atoms with E-state index in [1.165, 1.54) is 0 Å². The molecule has 2 N–H and O–H groups in total. The lowest BCUT2D eigenvalue weighted by Crippen LogP contribution is -2.45. The van der Waals surface area contributed by atoms with E-state index >= 15 is 0 Å². The molecule has 0 amide bonds. The standard InChI is InChI=1S/C14H30O7Si/c1-4-19-22(20-5-2,21-6-3)10-8-7-9-14(17)18-12-13(16)11-15/h13,15-16H,4-12H2,1-3H3. The largest absolute Gasteiger partial charge is 0.500 e. The number of rotatable bonds is 14. The zero-order valence-corrected chi connectivity index (χ0v) is 14.9. The van der Waals surface area contributed by atoms with E-state index in [9.17, 15) is 4.79 Å². The molecular formula is C14H30O7Si. The molecule has 0 aliphatic rings. The summed E-state index contributed by atoms with van der Waals surface area (Å²) in [5.74, 6) is -0.385. The minimum atomic E-state index is -2.63. The normalized spacial score (nSPS) is 13.1. The summed E-state index contributed by atoms with van der Waals surface area (Å²) in [6.45, 7) is 6.73. The molecule has 0 aliphatic heterocycles. The minimum absolute atomic E-state index is 0.176. The second-order valence-corrected chi connectivity index (χ2v) is 7.44. The molecule has 1 atom stereocenters. The molecule has 0 rings (SSSR count). The van der Waals surface area contributed by atoms with Crippen LogP contribution in [0.25, 0.3) is 0 Å². The van der Waals surface area contributed by atoms with E-state index in [0.29, 0.717) is 32.3 Å². The van der Waals surface area contributed by atoms with Crippen LogP contribution in [-0.2, 0) is 22.8 Å². The lowest BCUT2D eigenvalue weighted by atomic mass is 10.2. The first-order chi connectivity index (χ1) is 10.5. The Bertz CT molecular complexity index is 271. The summed E-state index contributed by atoms with van der Waals surface area (Å²) in [5, 5.41) is 17.7. The molecule has 22 heavy (non-hydrogen) atoms. The van der Waals surface area contributed by atoms with Crippen molar-refractivity contribution < 1.29 is 33.0 Å². The highest BCUT2D eigenvalue weighted by Gasteiger charge is 2.39. The summed E-state index contributed by atoms with van der Waals surface area (Å²) >= 11 is 0. The zero-order valence-electron chi connectivity index (χ0n) is 13.9. The summed E-state index contributed by atoms with van der Waals surface area (Å²) in [5.41, 5.74) is 0. The molecule has 0 aromatic heterocycles. The molecule has 0 aromatic rings. The van der Waals surface area contributed by atoms with Crippen molar-refractivity contribution in [3.8, 4) is 0 Å². The lowest BCUT2D eigenvalue weighted by Gasteiger charge is -2.28. The molecule has 8 heteroatoms. The van der Waals surface area contributed by atoms with Crippen molar-refractivity contribution in [2.45, 2.75) is 52.2 Å². The SMILES string of the molecule is CCO[Si](CCCCC(=O)OCC(O)CO)(OCC)OCC. The van der Waals surface area contributed by atoms with Crippen LogP contribution in [-0.4, -0.2) is 64.1 Å². The molecule has 0 aromatic carbocycles. The first kappa shape index (κ1) is 21.5. The van der Waals surface area contributed by atoms with E-state index < -0.39 is 21.5 Å². The van der Waals surface area contributed by atoms with Crippen molar-refractivity contribution >= 4 is 14.8 Å². The predicted octanol–water partition coefficient (Wildman–Crippen LogP) is 1.10. The molecule has 7 nitrogen and oxygen atoms in total. The van der Waals surface area contributed by atoms with Crippen LogP contribution in [0.15, 0.2) is 0 Å². The van der Waals surface area contributed by atoms with Crippen LogP contribution in [0.3, 0.4) is 0 Å². The van der Waals surface area contributed by atoms with Crippen LogP contribution in [0.5, 0.6) is 0 Å². The molecule has 0 bridgehead atoms. The fourth-order valence-corrected chi connectivity index (χ4v) is 4.61. The molecule has 0 saturated carbocycles. The van der Waals surface area contributed by atoms with Crippen LogP contribution in [0.1, 0.15) is 40.0 Å². The third-order valence-corrected chi connectivity index (χ3v) is 6.01. The minimum Gasteiger partial charge on any atom is -0.463 e. The van der Waals surface area contributed by atoms with Crippen LogP contribution in [0.2, 0.25) is 6.04 Å². The molecule has 0 heterocycles. The van der Waals surface area contributed by atoms with E-state index in [-0.39, 0.29) is 19.0 Å². The van der Waals surface area contributed by atoms with Crippen molar-refractivity contribution in [2.75, 3.05) is 33.0 Å². The Morgan fingerprint density at radius 2 is 1.59 bits per heavy atom. The van der Waals surface area contributed by atoms with E-state index in [1.807, 2.05) is 20.8 Å². The molecular weight excluding hydrogens is 308 g/mol. The summed E-state index contributed by atoms with van der Waals surface area (Å²) in [6, 6.07) is 0.662. The van der Waals surface area contributed by atoms with Gasteiger partial charge in [-0.3, -0.25) is 4.79 Å². The Hall–Kier alpha value is -0.513. The predicted molar refractivity (Wildman–Crippen MR) is 83.3 cm³/mol. The van der Waals surface area contributed by atoms with Gasteiger partial charge in [0.25, 0.3) is 0 Å². The molecule has 1 unspecified atom stereocenters. The number of carbonyl (C=O) groups is 1. The van der Waals surface area contributed by atoms with Gasteiger partial charge in [-0.15, -0.1) is 0 Å². The second-order valence-electron chi connectivity index (χ2n) is 4.71. The first-order valence-electron chi connectivity index (χ1n) is 7.89. The van der Waals surface area contributed by atoms with Gasteiger partial charge in [0.15, 0.2) is 0 Å². The Kier molecular flexibility index (Phi) is 12.7.